The standard InChI is InChI=1S/C17H18N2O5/c1-23-15-8-6-12(10-16(15)24-2)7-9-17(20)18-13-4-3-5-14(11-13)19(21)22/h3-6,8,10-11H,7,9H2,1-2H3,(H,18,20). The van der Waals surface area contributed by atoms with Gasteiger partial charge in [-0.05, 0) is 30.2 Å². The largest absolute Gasteiger partial charge is 0.493 e. The molecule has 0 atom stereocenters. The lowest BCUT2D eigenvalue weighted by molar-refractivity contribution is -0.384. The first kappa shape index (κ1) is 17.3. The van der Waals surface area contributed by atoms with Crippen LogP contribution < -0.4 is 14.8 Å². The second-order valence-corrected chi connectivity index (χ2v) is 5.04. The molecule has 126 valence electrons. The van der Waals surface area contributed by atoms with Gasteiger partial charge in [0.2, 0.25) is 5.91 Å². The minimum atomic E-state index is -0.501. The molecule has 0 radical (unpaired) electrons. The molecule has 0 spiro atoms. The van der Waals surface area contributed by atoms with E-state index in [0.29, 0.717) is 23.6 Å². The van der Waals surface area contributed by atoms with E-state index in [1.165, 1.54) is 18.2 Å². The lowest BCUT2D eigenvalue weighted by Gasteiger charge is -2.09. The monoisotopic (exact) mass is 330 g/mol. The number of hydrogen-bond acceptors (Lipinski definition) is 5. The molecule has 0 aliphatic rings. The average Bonchev–Trinajstić information content (AvgIpc) is 2.59. The highest BCUT2D eigenvalue weighted by molar-refractivity contribution is 5.91. The molecule has 0 heterocycles. The first-order chi connectivity index (χ1) is 11.5. The molecule has 24 heavy (non-hydrogen) atoms. The molecule has 7 heteroatoms. The molecule has 2 aromatic carbocycles. The van der Waals surface area contributed by atoms with Gasteiger partial charge in [-0.2, -0.15) is 0 Å². The van der Waals surface area contributed by atoms with E-state index in [-0.39, 0.29) is 18.0 Å². The van der Waals surface area contributed by atoms with Crippen molar-refractivity contribution in [2.45, 2.75) is 12.8 Å². The number of nitro groups is 1. The Morgan fingerprint density at radius 3 is 2.54 bits per heavy atom. The number of methoxy groups -OCH3 is 2. The molecule has 0 saturated carbocycles. The van der Waals surface area contributed by atoms with Gasteiger partial charge in [-0.15, -0.1) is 0 Å². The van der Waals surface area contributed by atoms with E-state index in [1.807, 2.05) is 12.1 Å². The fourth-order valence-electron chi connectivity index (χ4n) is 2.21. The quantitative estimate of drug-likeness (QED) is 0.622. The van der Waals surface area contributed by atoms with Crippen LogP contribution in [0.3, 0.4) is 0 Å². The Morgan fingerprint density at radius 2 is 1.88 bits per heavy atom. The van der Waals surface area contributed by atoms with Crippen LogP contribution in [0.5, 0.6) is 11.5 Å². The van der Waals surface area contributed by atoms with Crippen LogP contribution in [0.1, 0.15) is 12.0 Å². The summed E-state index contributed by atoms with van der Waals surface area (Å²) >= 11 is 0. The summed E-state index contributed by atoms with van der Waals surface area (Å²) in [5.41, 5.74) is 1.27. The molecule has 7 nitrogen and oxygen atoms in total. The molecule has 0 aromatic heterocycles. The predicted molar refractivity (Wildman–Crippen MR) is 89.6 cm³/mol. The highest BCUT2D eigenvalue weighted by Crippen LogP contribution is 2.28. The highest BCUT2D eigenvalue weighted by atomic mass is 16.6. The zero-order chi connectivity index (χ0) is 17.5. The average molecular weight is 330 g/mol. The Balaban J connectivity index is 1.96. The van der Waals surface area contributed by atoms with Crippen LogP contribution in [-0.2, 0) is 11.2 Å². The van der Waals surface area contributed by atoms with Crippen molar-refractivity contribution in [1.82, 2.24) is 0 Å². The fourth-order valence-corrected chi connectivity index (χ4v) is 2.21. The normalized spacial score (nSPS) is 10.1. The van der Waals surface area contributed by atoms with E-state index in [0.717, 1.165) is 5.56 Å². The lowest BCUT2D eigenvalue weighted by Crippen LogP contribution is -2.12. The van der Waals surface area contributed by atoms with Gasteiger partial charge in [0.05, 0.1) is 19.1 Å². The molecule has 0 aliphatic heterocycles. The first-order valence-corrected chi connectivity index (χ1v) is 7.28. The molecule has 0 aliphatic carbocycles. The number of nitro benzene ring substituents is 1. The minimum Gasteiger partial charge on any atom is -0.493 e. The third-order valence-corrected chi connectivity index (χ3v) is 3.43. The molecule has 2 aromatic rings. The van der Waals surface area contributed by atoms with E-state index < -0.39 is 4.92 Å². The van der Waals surface area contributed by atoms with Crippen molar-refractivity contribution in [2.75, 3.05) is 19.5 Å². The number of non-ortho nitro benzene ring substituents is 1. The van der Waals surface area contributed by atoms with E-state index in [9.17, 15) is 14.9 Å². The number of nitrogens with zero attached hydrogens (tertiary/aromatic N) is 1. The zero-order valence-electron chi connectivity index (χ0n) is 13.4. The number of hydrogen-bond donors (Lipinski definition) is 1. The number of amides is 1. The van der Waals surface area contributed by atoms with Crippen molar-refractivity contribution in [3.05, 3.63) is 58.1 Å². The molecule has 2 rings (SSSR count). The summed E-state index contributed by atoms with van der Waals surface area (Å²) < 4.78 is 10.4. The van der Waals surface area contributed by atoms with Gasteiger partial charge in [0.1, 0.15) is 0 Å². The van der Waals surface area contributed by atoms with Gasteiger partial charge < -0.3 is 14.8 Å². The number of anilines is 1. The van der Waals surface area contributed by atoms with Crippen molar-refractivity contribution in [3.8, 4) is 11.5 Å². The van der Waals surface area contributed by atoms with Crippen molar-refractivity contribution >= 4 is 17.3 Å². The van der Waals surface area contributed by atoms with Crippen LogP contribution in [-0.4, -0.2) is 25.1 Å². The van der Waals surface area contributed by atoms with Crippen molar-refractivity contribution in [2.24, 2.45) is 0 Å². The van der Waals surface area contributed by atoms with Gasteiger partial charge in [-0.25, -0.2) is 0 Å². The molecule has 0 unspecified atom stereocenters. The highest BCUT2D eigenvalue weighted by Gasteiger charge is 2.09. The number of carbonyl (C=O) groups is 1. The third-order valence-electron chi connectivity index (χ3n) is 3.43. The van der Waals surface area contributed by atoms with Gasteiger partial charge in [0.15, 0.2) is 11.5 Å². The number of carbonyl (C=O) groups excluding carboxylic acids is 1. The van der Waals surface area contributed by atoms with Crippen LogP contribution in [0.2, 0.25) is 0 Å². The van der Waals surface area contributed by atoms with E-state index >= 15 is 0 Å². The van der Waals surface area contributed by atoms with Gasteiger partial charge in [0.25, 0.3) is 5.69 Å². The van der Waals surface area contributed by atoms with Crippen LogP contribution in [0, 0.1) is 10.1 Å². The number of aryl methyl sites for hydroxylation is 1. The van der Waals surface area contributed by atoms with Gasteiger partial charge in [-0.1, -0.05) is 12.1 Å². The molecular weight excluding hydrogens is 312 g/mol. The summed E-state index contributed by atoms with van der Waals surface area (Å²) in [5.74, 6) is 1.02. The molecule has 0 saturated heterocycles. The second-order valence-electron chi connectivity index (χ2n) is 5.04. The molecule has 1 amide bonds. The van der Waals surface area contributed by atoms with Gasteiger partial charge >= 0.3 is 0 Å². The van der Waals surface area contributed by atoms with Gasteiger partial charge in [-0.3, -0.25) is 14.9 Å². The van der Waals surface area contributed by atoms with E-state index in [4.69, 9.17) is 9.47 Å². The summed E-state index contributed by atoms with van der Waals surface area (Å²) in [6, 6.07) is 11.3. The predicted octanol–water partition coefficient (Wildman–Crippen LogP) is 3.18. The fraction of sp³-hybridized carbons (Fsp3) is 0.235. The summed E-state index contributed by atoms with van der Waals surface area (Å²) in [7, 11) is 3.11. The topological polar surface area (TPSA) is 90.7 Å². The van der Waals surface area contributed by atoms with Gasteiger partial charge in [0, 0.05) is 24.2 Å². The summed E-state index contributed by atoms with van der Waals surface area (Å²) in [6.07, 6.45) is 0.763. The molecule has 0 bridgehead atoms. The van der Waals surface area contributed by atoms with E-state index in [2.05, 4.69) is 5.32 Å². The summed E-state index contributed by atoms with van der Waals surface area (Å²) in [4.78, 5) is 22.2. The van der Waals surface area contributed by atoms with Crippen LogP contribution >= 0.6 is 0 Å². The molecule has 0 fully saturated rings. The third kappa shape index (κ3) is 4.45. The zero-order valence-corrected chi connectivity index (χ0v) is 13.4. The second kappa shape index (κ2) is 7.96. The van der Waals surface area contributed by atoms with Crippen LogP contribution in [0.15, 0.2) is 42.5 Å². The maximum atomic E-state index is 12.0. The minimum absolute atomic E-state index is 0.0623. The first-order valence-electron chi connectivity index (χ1n) is 7.28. The number of rotatable bonds is 7. The summed E-state index contributed by atoms with van der Waals surface area (Å²) in [6.45, 7) is 0. The Hall–Kier alpha value is -3.09. The Kier molecular flexibility index (Phi) is 5.73. The van der Waals surface area contributed by atoms with Crippen molar-refractivity contribution in [1.29, 1.82) is 0 Å². The van der Waals surface area contributed by atoms with Crippen molar-refractivity contribution in [3.63, 3.8) is 0 Å². The van der Waals surface area contributed by atoms with E-state index in [1.54, 1.807) is 26.4 Å². The molecule has 1 N–H and O–H groups in total. The maximum absolute atomic E-state index is 12.0. The smallest absolute Gasteiger partial charge is 0.271 e. The van der Waals surface area contributed by atoms with Crippen molar-refractivity contribution < 1.29 is 19.2 Å². The lowest BCUT2D eigenvalue weighted by atomic mass is 10.1. The Labute approximate surface area is 139 Å². The number of nitrogens with one attached hydrogen (secondary N) is 1. The van der Waals surface area contributed by atoms with Crippen LogP contribution in [0.4, 0.5) is 11.4 Å². The SMILES string of the molecule is COc1ccc(CCC(=O)Nc2cccc([N+](=O)[O-])c2)cc1OC. The molecular formula is C17H18N2O5. The Bertz CT molecular complexity index is 746. The van der Waals surface area contributed by atoms with Crippen LogP contribution in [0.25, 0.3) is 0 Å². The maximum Gasteiger partial charge on any atom is 0.271 e. The Morgan fingerprint density at radius 1 is 1.12 bits per heavy atom. The number of benzene rings is 2. The number of ether oxygens (including phenoxy) is 2. The summed E-state index contributed by atoms with van der Waals surface area (Å²) in [5, 5.41) is 13.4.